The fourth-order valence-electron chi connectivity index (χ4n) is 10.2. The molecule has 0 rings (SSSR count). The minimum absolute atomic E-state index is 0.104. The second-order valence-corrected chi connectivity index (χ2v) is 27.1. The summed E-state index contributed by atoms with van der Waals surface area (Å²) in [5.74, 6) is -2.13. The maximum Gasteiger partial charge on any atom is 0.472 e. The van der Waals surface area contributed by atoms with Crippen LogP contribution < -0.4 is 0 Å². The quantitative estimate of drug-likeness (QED) is 0.0222. The topological polar surface area (TPSA) is 237 Å². The van der Waals surface area contributed by atoms with E-state index in [9.17, 15) is 43.2 Å². The van der Waals surface area contributed by atoms with Crippen molar-refractivity contribution in [3.05, 3.63) is 0 Å². The fraction of sp³-hybridized carbons (Fsp3) is 0.940. The lowest BCUT2D eigenvalue weighted by molar-refractivity contribution is -0.161. The molecule has 0 saturated heterocycles. The molecular weight excluding hydrogens is 1140 g/mol. The number of phosphoric acid groups is 2. The van der Waals surface area contributed by atoms with Crippen molar-refractivity contribution in [2.45, 2.75) is 367 Å². The fourth-order valence-corrected chi connectivity index (χ4v) is 11.7. The van der Waals surface area contributed by atoms with Crippen LogP contribution in [0.15, 0.2) is 0 Å². The van der Waals surface area contributed by atoms with Crippen molar-refractivity contribution in [1.82, 2.24) is 0 Å². The first kappa shape index (κ1) is 84.1. The largest absolute Gasteiger partial charge is 0.472 e. The third-order valence-electron chi connectivity index (χ3n) is 15.6. The van der Waals surface area contributed by atoms with Gasteiger partial charge in [0.15, 0.2) is 12.2 Å². The highest BCUT2D eigenvalue weighted by molar-refractivity contribution is 7.47. The smallest absolute Gasteiger partial charge is 0.462 e. The second kappa shape index (κ2) is 61.9. The number of aliphatic hydroxyl groups excluding tert-OH is 1. The summed E-state index contributed by atoms with van der Waals surface area (Å²) in [5, 5.41) is 10.5. The van der Waals surface area contributed by atoms with Crippen molar-refractivity contribution in [2.24, 2.45) is 0 Å². The van der Waals surface area contributed by atoms with Crippen molar-refractivity contribution in [3.8, 4) is 0 Å². The first-order valence-electron chi connectivity index (χ1n) is 35.3. The van der Waals surface area contributed by atoms with E-state index in [1.807, 2.05) is 0 Å². The molecule has 2 unspecified atom stereocenters. The average molecular weight is 1270 g/mol. The number of carbonyl (C=O) groups excluding carboxylic acids is 4. The molecule has 17 nitrogen and oxygen atoms in total. The first-order chi connectivity index (χ1) is 41.7. The Morgan fingerprint density at radius 2 is 0.465 bits per heavy atom. The molecule has 0 aliphatic carbocycles. The van der Waals surface area contributed by atoms with Gasteiger partial charge in [-0.25, -0.2) is 9.13 Å². The molecule has 86 heavy (non-hydrogen) atoms. The number of hydrogen-bond acceptors (Lipinski definition) is 15. The number of hydrogen-bond donors (Lipinski definition) is 3. The number of esters is 4. The van der Waals surface area contributed by atoms with Crippen LogP contribution in [0.2, 0.25) is 0 Å². The molecule has 0 aromatic carbocycles. The van der Waals surface area contributed by atoms with E-state index >= 15 is 0 Å². The van der Waals surface area contributed by atoms with Gasteiger partial charge in [0.25, 0.3) is 0 Å². The van der Waals surface area contributed by atoms with Crippen LogP contribution in [0.25, 0.3) is 0 Å². The lowest BCUT2D eigenvalue weighted by Gasteiger charge is -2.21. The molecule has 0 aromatic rings. The summed E-state index contributed by atoms with van der Waals surface area (Å²) in [4.78, 5) is 72.1. The third kappa shape index (κ3) is 60.9. The predicted octanol–water partition coefficient (Wildman–Crippen LogP) is 19.1. The van der Waals surface area contributed by atoms with Crippen LogP contribution in [-0.4, -0.2) is 96.7 Å². The first-order valence-corrected chi connectivity index (χ1v) is 38.3. The van der Waals surface area contributed by atoms with Gasteiger partial charge in [0.05, 0.1) is 26.4 Å². The zero-order valence-electron chi connectivity index (χ0n) is 55.3. The van der Waals surface area contributed by atoms with Crippen LogP contribution in [0.3, 0.4) is 0 Å². The number of aliphatic hydroxyl groups is 1. The number of rotatable bonds is 68. The summed E-state index contributed by atoms with van der Waals surface area (Å²) < 4.78 is 67.9. The number of carbonyl (C=O) groups is 4. The number of phosphoric ester groups is 2. The molecule has 19 heteroatoms. The Balaban J connectivity index is 5.15. The van der Waals surface area contributed by atoms with Crippen molar-refractivity contribution in [3.63, 3.8) is 0 Å². The molecule has 0 bridgehead atoms. The summed E-state index contributed by atoms with van der Waals surface area (Å²) in [6, 6.07) is 0. The standard InChI is InChI=1S/C67H130O17P2/c1-5-9-13-17-21-23-25-27-29-31-33-35-37-41-44-48-52-65(70)78-58-63(84-67(72)54-50-46-42-38-36-34-32-30-28-26-24-22-18-14-10-6-2)60-82-86(75,76)80-56-61(68)55-79-85(73,74)81-59-62(83-66(71)53-49-45-40-20-16-12-8-4)57-77-64(69)51-47-43-39-19-15-11-7-3/h61-63,68H,5-60H2,1-4H3,(H,73,74)(H,75,76)/t61-,62+,63+/m0/s1. The maximum atomic E-state index is 13.0. The second-order valence-electron chi connectivity index (χ2n) is 24.2. The van der Waals surface area contributed by atoms with Crippen molar-refractivity contribution >= 4 is 39.5 Å². The SMILES string of the molecule is CCCCCCCCCCCCCCCCCCC(=O)OC[C@H](COP(=O)(O)OC[C@@H](O)COP(=O)(O)OC[C@@H](COC(=O)CCCCCCCCC)OC(=O)CCCCCCCCC)OC(=O)CCCCCCCCCCCCCCCCCC. The Hall–Kier alpha value is -1.94. The van der Waals surface area contributed by atoms with Crippen LogP contribution in [0.4, 0.5) is 0 Å². The minimum Gasteiger partial charge on any atom is -0.462 e. The molecule has 3 N–H and O–H groups in total. The Morgan fingerprint density at radius 1 is 0.279 bits per heavy atom. The Kier molecular flexibility index (Phi) is 60.5. The van der Waals surface area contributed by atoms with Crippen molar-refractivity contribution in [1.29, 1.82) is 0 Å². The van der Waals surface area contributed by atoms with Crippen LogP contribution in [0.1, 0.15) is 349 Å². The van der Waals surface area contributed by atoms with E-state index in [1.165, 1.54) is 154 Å². The van der Waals surface area contributed by atoms with Crippen LogP contribution in [-0.2, 0) is 65.4 Å². The van der Waals surface area contributed by atoms with E-state index in [0.29, 0.717) is 25.7 Å². The van der Waals surface area contributed by atoms with E-state index < -0.39 is 97.5 Å². The molecule has 0 amide bonds. The average Bonchev–Trinajstić information content (AvgIpc) is 3.56. The monoisotopic (exact) mass is 1270 g/mol. The highest BCUT2D eigenvalue weighted by atomic mass is 31.2. The van der Waals surface area contributed by atoms with Crippen molar-refractivity contribution in [2.75, 3.05) is 39.6 Å². The predicted molar refractivity (Wildman–Crippen MR) is 345 cm³/mol. The molecule has 0 fully saturated rings. The van der Waals surface area contributed by atoms with E-state index in [0.717, 1.165) is 116 Å². The number of ether oxygens (including phenoxy) is 4. The Labute approximate surface area is 524 Å². The molecule has 510 valence electrons. The molecule has 0 heterocycles. The highest BCUT2D eigenvalue weighted by Crippen LogP contribution is 2.45. The zero-order valence-corrected chi connectivity index (χ0v) is 57.1. The van der Waals surface area contributed by atoms with Gasteiger partial charge in [0.1, 0.15) is 19.3 Å². The summed E-state index contributed by atoms with van der Waals surface area (Å²) >= 11 is 0. The molecule has 5 atom stereocenters. The van der Waals surface area contributed by atoms with Gasteiger partial charge >= 0.3 is 39.5 Å². The molecule has 0 aliphatic rings. The molecule has 0 radical (unpaired) electrons. The van der Waals surface area contributed by atoms with Gasteiger partial charge in [-0.2, -0.15) is 0 Å². The van der Waals surface area contributed by atoms with E-state index in [-0.39, 0.29) is 25.7 Å². The lowest BCUT2D eigenvalue weighted by atomic mass is 10.0. The molecule has 0 spiro atoms. The van der Waals surface area contributed by atoms with Gasteiger partial charge < -0.3 is 33.8 Å². The molecule has 0 aromatic heterocycles. The van der Waals surface area contributed by atoms with Gasteiger partial charge in [-0.1, -0.05) is 297 Å². The zero-order chi connectivity index (χ0) is 63.3. The summed E-state index contributed by atoms with van der Waals surface area (Å²) in [6.45, 7) is 4.84. The Bertz CT molecular complexity index is 1650. The summed E-state index contributed by atoms with van der Waals surface area (Å²) in [5.41, 5.74) is 0. The van der Waals surface area contributed by atoms with E-state index in [1.54, 1.807) is 0 Å². The van der Waals surface area contributed by atoms with Gasteiger partial charge in [0, 0.05) is 25.7 Å². The summed E-state index contributed by atoms with van der Waals surface area (Å²) in [7, 11) is -9.88. The molecular formula is C67H130O17P2. The van der Waals surface area contributed by atoms with Gasteiger partial charge in [-0.15, -0.1) is 0 Å². The summed E-state index contributed by atoms with van der Waals surface area (Å²) in [6.07, 6.45) is 48.9. The lowest BCUT2D eigenvalue weighted by Crippen LogP contribution is -2.30. The molecule has 0 aliphatic heterocycles. The van der Waals surface area contributed by atoms with Crippen LogP contribution >= 0.6 is 15.6 Å². The van der Waals surface area contributed by atoms with E-state index in [2.05, 4.69) is 27.7 Å². The van der Waals surface area contributed by atoms with Crippen LogP contribution in [0, 0.1) is 0 Å². The highest BCUT2D eigenvalue weighted by Gasteiger charge is 2.30. The van der Waals surface area contributed by atoms with Gasteiger partial charge in [-0.3, -0.25) is 37.3 Å². The minimum atomic E-state index is -4.95. The van der Waals surface area contributed by atoms with Gasteiger partial charge in [0.2, 0.25) is 0 Å². The number of unbranched alkanes of at least 4 members (excludes halogenated alkanes) is 42. The normalized spacial score (nSPS) is 14.1. The van der Waals surface area contributed by atoms with Crippen molar-refractivity contribution < 1.29 is 80.2 Å². The van der Waals surface area contributed by atoms with Crippen LogP contribution in [0.5, 0.6) is 0 Å². The molecule has 0 saturated carbocycles. The van der Waals surface area contributed by atoms with Gasteiger partial charge in [-0.05, 0) is 25.7 Å². The Morgan fingerprint density at radius 3 is 0.686 bits per heavy atom. The third-order valence-corrected chi connectivity index (χ3v) is 17.5. The maximum absolute atomic E-state index is 13.0. The van der Waals surface area contributed by atoms with E-state index in [4.69, 9.17) is 37.0 Å².